The molecule has 4 rings (SSSR count). The molecule has 1 saturated heterocycles. The lowest BCUT2D eigenvalue weighted by atomic mass is 9.92. The van der Waals surface area contributed by atoms with Gasteiger partial charge in [0, 0.05) is 6.20 Å². The number of ether oxygens (including phenoxy) is 1. The van der Waals surface area contributed by atoms with Gasteiger partial charge in [0.05, 0.1) is 23.5 Å². The fourth-order valence-corrected chi connectivity index (χ4v) is 4.22. The third-order valence-electron chi connectivity index (χ3n) is 4.96. The lowest BCUT2D eigenvalue weighted by Crippen LogP contribution is -2.41. The van der Waals surface area contributed by atoms with Gasteiger partial charge in [0.2, 0.25) is 5.60 Å². The second kappa shape index (κ2) is 7.94. The molecule has 3 aromatic rings. The minimum Gasteiger partial charge on any atom is -0.404 e. The number of rotatable bonds is 6. The Balaban J connectivity index is 1.56. The number of benzene rings is 1. The molecule has 12 heteroatoms. The van der Waals surface area contributed by atoms with Crippen molar-refractivity contribution in [1.29, 1.82) is 5.26 Å². The summed E-state index contributed by atoms with van der Waals surface area (Å²) < 4.78 is 29.1. The number of nitrogen functional groups attached to an aromatic ring is 1. The van der Waals surface area contributed by atoms with Gasteiger partial charge in [-0.1, -0.05) is 18.2 Å². The summed E-state index contributed by atoms with van der Waals surface area (Å²) in [5.74, 6) is 0.107. The number of aliphatic hydroxyl groups excluding tert-OH is 2. The molecule has 1 aliphatic rings. The van der Waals surface area contributed by atoms with Crippen molar-refractivity contribution in [1.82, 2.24) is 9.61 Å². The zero-order valence-corrected chi connectivity index (χ0v) is 16.9. The molecule has 5 N–H and O–H groups in total. The number of nitrogens with zero attached hydrogens (tertiary/aromatic N) is 3. The first-order valence-electron chi connectivity index (χ1n) is 9.17. The Hall–Kier alpha value is -2.97. The first-order valence-corrected chi connectivity index (χ1v) is 10.7. The van der Waals surface area contributed by atoms with E-state index in [-0.39, 0.29) is 11.4 Å². The van der Waals surface area contributed by atoms with Gasteiger partial charge in [-0.15, -0.1) is 0 Å². The van der Waals surface area contributed by atoms with E-state index in [1.165, 1.54) is 28.9 Å². The molecule has 1 aliphatic heterocycles. The molecule has 31 heavy (non-hydrogen) atoms. The van der Waals surface area contributed by atoms with E-state index in [0.29, 0.717) is 11.2 Å². The molecular formula is C19H19N4O7P. The Morgan fingerprint density at radius 1 is 1.26 bits per heavy atom. The maximum atomic E-state index is 12.2. The number of phosphoric acid groups is 1. The van der Waals surface area contributed by atoms with Crippen LogP contribution in [-0.4, -0.2) is 49.6 Å². The van der Waals surface area contributed by atoms with Crippen molar-refractivity contribution < 1.29 is 33.5 Å². The summed E-state index contributed by atoms with van der Waals surface area (Å²) >= 11 is 0. The van der Waals surface area contributed by atoms with E-state index in [9.17, 15) is 24.9 Å². The van der Waals surface area contributed by atoms with E-state index >= 15 is 0 Å². The number of hydrogen-bond donors (Lipinski definition) is 4. The van der Waals surface area contributed by atoms with Crippen molar-refractivity contribution in [2.24, 2.45) is 0 Å². The van der Waals surface area contributed by atoms with Gasteiger partial charge < -0.3 is 25.2 Å². The van der Waals surface area contributed by atoms with Crippen LogP contribution in [0.25, 0.3) is 5.52 Å². The van der Waals surface area contributed by atoms with Gasteiger partial charge in [0.1, 0.15) is 30.1 Å². The van der Waals surface area contributed by atoms with Crippen LogP contribution in [0.4, 0.5) is 5.69 Å². The lowest BCUT2D eigenvalue weighted by Gasteiger charge is -2.24. The van der Waals surface area contributed by atoms with Crippen LogP contribution in [0, 0.1) is 11.3 Å². The average molecular weight is 446 g/mol. The van der Waals surface area contributed by atoms with E-state index in [0.717, 1.165) is 0 Å². The first kappa shape index (κ1) is 21.3. The van der Waals surface area contributed by atoms with Crippen LogP contribution in [0.2, 0.25) is 0 Å². The summed E-state index contributed by atoms with van der Waals surface area (Å²) in [7, 11) is -4.56. The van der Waals surface area contributed by atoms with Crippen molar-refractivity contribution in [2.75, 3.05) is 12.3 Å². The quantitative estimate of drug-likeness (QED) is 0.399. The largest absolute Gasteiger partial charge is 0.527 e. The Morgan fingerprint density at radius 2 is 2.00 bits per heavy atom. The number of fused-ring (bicyclic) bond motifs is 1. The van der Waals surface area contributed by atoms with Crippen molar-refractivity contribution in [3.05, 3.63) is 60.4 Å². The molecule has 162 valence electrons. The highest BCUT2D eigenvalue weighted by atomic mass is 31.2. The molecule has 1 unspecified atom stereocenters. The smallest absolute Gasteiger partial charge is 0.404 e. The molecular weight excluding hydrogens is 427 g/mol. The Bertz CT molecular complexity index is 1180. The number of para-hydroxylation sites is 1. The molecule has 1 fully saturated rings. The number of aromatic nitrogens is 2. The second-order valence-corrected chi connectivity index (χ2v) is 8.29. The predicted molar refractivity (Wildman–Crippen MR) is 107 cm³/mol. The molecule has 0 bridgehead atoms. The Morgan fingerprint density at radius 3 is 2.71 bits per heavy atom. The van der Waals surface area contributed by atoms with Crippen LogP contribution >= 0.6 is 7.82 Å². The standard InChI is InChI=1S/C19H19N4O7P/c20-11-19(16-7-6-14-13(21)8-9-22-23(14)16)18(25)17(24)15(29-19)10-28-31(26,27)30-12-4-2-1-3-5-12/h1-9,15,17-18,24-25H,10,21H2,(H,26,27)/t15-,17-,18-,19+/m1/s1. The van der Waals surface area contributed by atoms with Gasteiger partial charge >= 0.3 is 7.82 Å². The molecule has 5 atom stereocenters. The number of phosphoric ester groups is 1. The molecule has 1 aromatic carbocycles. The van der Waals surface area contributed by atoms with Gasteiger partial charge in [0.15, 0.2) is 0 Å². The first-order chi connectivity index (χ1) is 14.8. The van der Waals surface area contributed by atoms with Gasteiger partial charge in [-0.25, -0.2) is 9.08 Å². The molecule has 0 aliphatic carbocycles. The van der Waals surface area contributed by atoms with Crippen LogP contribution in [-0.2, 0) is 19.4 Å². The van der Waals surface area contributed by atoms with Crippen molar-refractivity contribution in [2.45, 2.75) is 23.9 Å². The normalized spacial score (nSPS) is 27.6. The number of hydrogen-bond acceptors (Lipinski definition) is 9. The maximum absolute atomic E-state index is 12.2. The minimum absolute atomic E-state index is 0.107. The third-order valence-corrected chi connectivity index (χ3v) is 5.88. The summed E-state index contributed by atoms with van der Waals surface area (Å²) in [5.41, 5.74) is 4.91. The second-order valence-electron chi connectivity index (χ2n) is 6.91. The van der Waals surface area contributed by atoms with Crippen molar-refractivity contribution >= 4 is 19.0 Å². The van der Waals surface area contributed by atoms with Gasteiger partial charge in [-0.05, 0) is 30.3 Å². The highest BCUT2D eigenvalue weighted by Gasteiger charge is 2.58. The summed E-state index contributed by atoms with van der Waals surface area (Å²) in [6, 6.07) is 14.4. The highest BCUT2D eigenvalue weighted by Crippen LogP contribution is 2.46. The molecule has 0 spiro atoms. The molecule has 0 saturated carbocycles. The van der Waals surface area contributed by atoms with Crippen molar-refractivity contribution in [3.8, 4) is 11.8 Å². The maximum Gasteiger partial charge on any atom is 0.527 e. The zero-order chi connectivity index (χ0) is 22.2. The summed E-state index contributed by atoms with van der Waals surface area (Å²) in [4.78, 5) is 9.94. The number of nitriles is 1. The summed E-state index contributed by atoms with van der Waals surface area (Å²) in [6.45, 7) is -0.624. The van der Waals surface area contributed by atoms with E-state index in [4.69, 9.17) is 19.5 Å². The molecule has 2 aromatic heterocycles. The summed E-state index contributed by atoms with van der Waals surface area (Å²) in [5, 5.41) is 35.1. The molecule has 11 nitrogen and oxygen atoms in total. The van der Waals surface area contributed by atoms with Gasteiger partial charge in [0.25, 0.3) is 0 Å². The molecule has 3 heterocycles. The third kappa shape index (κ3) is 3.77. The monoisotopic (exact) mass is 446 g/mol. The van der Waals surface area contributed by atoms with Crippen LogP contribution in [0.1, 0.15) is 5.69 Å². The SMILES string of the molecule is N#C[C@@]1(c2ccc3c(N)ccnn23)O[C@H](COP(=O)(O)Oc2ccccc2)[C@@H](O)[C@H]1O. The van der Waals surface area contributed by atoms with Crippen LogP contribution < -0.4 is 10.3 Å². The minimum atomic E-state index is -4.56. The number of anilines is 1. The van der Waals surface area contributed by atoms with Crippen LogP contribution in [0.5, 0.6) is 5.75 Å². The van der Waals surface area contributed by atoms with Crippen molar-refractivity contribution in [3.63, 3.8) is 0 Å². The molecule has 0 amide bonds. The zero-order valence-electron chi connectivity index (χ0n) is 16.0. The highest BCUT2D eigenvalue weighted by molar-refractivity contribution is 7.47. The predicted octanol–water partition coefficient (Wildman–Crippen LogP) is 0.952. The average Bonchev–Trinajstić information content (AvgIpc) is 3.29. The fourth-order valence-electron chi connectivity index (χ4n) is 3.44. The Kier molecular flexibility index (Phi) is 5.45. The van der Waals surface area contributed by atoms with E-state index in [2.05, 4.69) is 5.10 Å². The fraction of sp³-hybridized carbons (Fsp3) is 0.263. The van der Waals surface area contributed by atoms with E-state index in [1.807, 2.05) is 6.07 Å². The number of nitrogens with two attached hydrogens (primary N) is 1. The van der Waals surface area contributed by atoms with Crippen LogP contribution in [0.3, 0.4) is 0 Å². The topological polar surface area (TPSA) is 173 Å². The van der Waals surface area contributed by atoms with Crippen LogP contribution in [0.15, 0.2) is 54.7 Å². The lowest BCUT2D eigenvalue weighted by molar-refractivity contribution is -0.0632. The Labute approximate surface area is 176 Å². The van der Waals surface area contributed by atoms with Gasteiger partial charge in [-0.2, -0.15) is 10.4 Å². The number of aliphatic hydroxyl groups is 2. The summed E-state index contributed by atoms with van der Waals surface area (Å²) in [6.07, 6.45) is -3.18. The van der Waals surface area contributed by atoms with E-state index < -0.39 is 38.3 Å². The van der Waals surface area contributed by atoms with E-state index in [1.54, 1.807) is 30.3 Å². The molecule has 0 radical (unpaired) electrons. The van der Waals surface area contributed by atoms with Gasteiger partial charge in [-0.3, -0.25) is 9.42 Å².